The zero-order valence-corrected chi connectivity index (χ0v) is 15.1. The summed E-state index contributed by atoms with van der Waals surface area (Å²) in [6.45, 7) is 4.32. The summed E-state index contributed by atoms with van der Waals surface area (Å²) in [4.78, 5) is 19.1. The van der Waals surface area contributed by atoms with Crippen molar-refractivity contribution >= 4 is 28.1 Å². The smallest absolute Gasteiger partial charge is 0.224 e. The minimum Gasteiger partial charge on any atom is -0.348 e. The minimum absolute atomic E-state index is 0.0845. The second-order valence-electron chi connectivity index (χ2n) is 6.30. The Morgan fingerprint density at radius 1 is 1.29 bits per heavy atom. The molecule has 3 rings (SSSR count). The number of rotatable bonds is 6. The molecule has 24 heavy (non-hydrogen) atoms. The van der Waals surface area contributed by atoms with Gasteiger partial charge in [0.05, 0.1) is 5.69 Å². The molecule has 4 nitrogen and oxygen atoms in total. The summed E-state index contributed by atoms with van der Waals surface area (Å²) in [5, 5.41) is 6.21. The van der Waals surface area contributed by atoms with Gasteiger partial charge in [0.2, 0.25) is 5.91 Å². The van der Waals surface area contributed by atoms with Crippen molar-refractivity contribution in [3.8, 4) is 11.3 Å². The number of amides is 1. The van der Waals surface area contributed by atoms with Crippen molar-refractivity contribution in [1.29, 1.82) is 0 Å². The summed E-state index contributed by atoms with van der Waals surface area (Å²) < 4.78 is 0. The Kier molecular flexibility index (Phi) is 5.86. The number of thiazole rings is 1. The van der Waals surface area contributed by atoms with Crippen molar-refractivity contribution in [1.82, 2.24) is 4.98 Å². The van der Waals surface area contributed by atoms with E-state index in [2.05, 4.69) is 28.6 Å². The maximum absolute atomic E-state index is 11.9. The van der Waals surface area contributed by atoms with Crippen LogP contribution in [0.4, 0.5) is 10.8 Å². The quantitative estimate of drug-likeness (QED) is 0.809. The van der Waals surface area contributed by atoms with Crippen LogP contribution in [-0.4, -0.2) is 24.0 Å². The molecule has 0 unspecified atom stereocenters. The fourth-order valence-corrected chi connectivity index (χ4v) is 3.83. The Morgan fingerprint density at radius 2 is 2.12 bits per heavy atom. The summed E-state index contributed by atoms with van der Waals surface area (Å²) in [5.41, 5.74) is 2.90. The van der Waals surface area contributed by atoms with E-state index in [0.29, 0.717) is 6.42 Å². The zero-order valence-electron chi connectivity index (χ0n) is 14.3. The van der Waals surface area contributed by atoms with Crippen LogP contribution < -0.4 is 10.2 Å². The standard InChI is InChI=1S/C19H25N3OS/c1-2-3-10-18(23)20-16-9-7-8-15(13-16)17-14-24-19(21-17)22-11-5-4-6-12-22/h7-9,13-14H,2-6,10-12H2,1H3,(H,20,23). The monoisotopic (exact) mass is 343 g/mol. The van der Waals surface area contributed by atoms with Crippen molar-refractivity contribution in [3.63, 3.8) is 0 Å². The molecule has 0 atom stereocenters. The largest absolute Gasteiger partial charge is 0.348 e. The van der Waals surface area contributed by atoms with Crippen LogP contribution in [0.3, 0.4) is 0 Å². The fourth-order valence-electron chi connectivity index (χ4n) is 2.94. The average Bonchev–Trinajstić information content (AvgIpc) is 3.11. The SMILES string of the molecule is CCCCC(=O)Nc1cccc(-c2csc(N3CCCCC3)n2)c1. The van der Waals surface area contributed by atoms with Gasteiger partial charge in [0, 0.05) is 36.1 Å². The highest BCUT2D eigenvalue weighted by molar-refractivity contribution is 7.14. The van der Waals surface area contributed by atoms with Crippen molar-refractivity contribution in [2.75, 3.05) is 23.3 Å². The molecule has 0 bridgehead atoms. The molecule has 1 aromatic heterocycles. The number of piperidine rings is 1. The van der Waals surface area contributed by atoms with Crippen molar-refractivity contribution < 1.29 is 4.79 Å². The minimum atomic E-state index is 0.0845. The van der Waals surface area contributed by atoms with Crippen LogP contribution in [0.1, 0.15) is 45.4 Å². The van der Waals surface area contributed by atoms with Crippen molar-refractivity contribution in [2.45, 2.75) is 45.4 Å². The lowest BCUT2D eigenvalue weighted by atomic mass is 10.1. The predicted octanol–water partition coefficient (Wildman–Crippen LogP) is 4.93. The van der Waals surface area contributed by atoms with Crippen molar-refractivity contribution in [2.24, 2.45) is 0 Å². The van der Waals surface area contributed by atoms with Crippen LogP contribution >= 0.6 is 11.3 Å². The van der Waals surface area contributed by atoms with E-state index in [9.17, 15) is 4.79 Å². The lowest BCUT2D eigenvalue weighted by Crippen LogP contribution is -2.29. The average molecular weight is 343 g/mol. The van der Waals surface area contributed by atoms with Crippen LogP contribution in [0.2, 0.25) is 0 Å². The molecule has 1 amide bonds. The number of hydrogen-bond acceptors (Lipinski definition) is 4. The Bertz CT molecular complexity index is 677. The van der Waals surface area contributed by atoms with Gasteiger partial charge in [-0.05, 0) is 37.8 Å². The molecule has 2 heterocycles. The van der Waals surface area contributed by atoms with Gasteiger partial charge in [-0.25, -0.2) is 4.98 Å². The zero-order chi connectivity index (χ0) is 16.8. The van der Waals surface area contributed by atoms with Gasteiger partial charge in [0.25, 0.3) is 0 Å². The van der Waals surface area contributed by atoms with Gasteiger partial charge in [0.1, 0.15) is 0 Å². The maximum atomic E-state index is 11.9. The Balaban J connectivity index is 1.69. The summed E-state index contributed by atoms with van der Waals surface area (Å²) in [5.74, 6) is 0.0845. The molecule has 2 aromatic rings. The molecule has 1 N–H and O–H groups in total. The van der Waals surface area contributed by atoms with Gasteiger partial charge in [-0.3, -0.25) is 4.79 Å². The third kappa shape index (κ3) is 4.35. The molecule has 1 fully saturated rings. The first-order valence-electron chi connectivity index (χ1n) is 8.87. The van der Waals surface area contributed by atoms with E-state index in [1.54, 1.807) is 11.3 Å². The molecular formula is C19H25N3OS. The fraction of sp³-hybridized carbons (Fsp3) is 0.474. The van der Waals surface area contributed by atoms with E-state index in [4.69, 9.17) is 4.98 Å². The van der Waals surface area contributed by atoms with Crippen LogP contribution in [0.15, 0.2) is 29.6 Å². The molecule has 1 aliphatic rings. The second-order valence-corrected chi connectivity index (χ2v) is 7.13. The molecule has 1 aliphatic heterocycles. The van der Waals surface area contributed by atoms with E-state index in [1.165, 1.54) is 19.3 Å². The number of benzene rings is 1. The molecule has 128 valence electrons. The lowest BCUT2D eigenvalue weighted by Gasteiger charge is -2.25. The lowest BCUT2D eigenvalue weighted by molar-refractivity contribution is -0.116. The molecule has 0 radical (unpaired) electrons. The number of hydrogen-bond donors (Lipinski definition) is 1. The highest BCUT2D eigenvalue weighted by Crippen LogP contribution is 2.30. The predicted molar refractivity (Wildman–Crippen MR) is 102 cm³/mol. The number of nitrogens with one attached hydrogen (secondary N) is 1. The van der Waals surface area contributed by atoms with Crippen LogP contribution in [-0.2, 0) is 4.79 Å². The highest BCUT2D eigenvalue weighted by atomic mass is 32.1. The molecular weight excluding hydrogens is 318 g/mol. The number of unbranched alkanes of at least 4 members (excludes halogenated alkanes) is 1. The van der Waals surface area contributed by atoms with Gasteiger partial charge in [-0.15, -0.1) is 11.3 Å². The Labute approximate surface area is 147 Å². The number of carbonyl (C=O) groups excluding carboxylic acids is 1. The Morgan fingerprint density at radius 3 is 2.92 bits per heavy atom. The van der Waals surface area contributed by atoms with E-state index in [0.717, 1.165) is 48.0 Å². The first-order chi connectivity index (χ1) is 11.8. The molecule has 5 heteroatoms. The topological polar surface area (TPSA) is 45.2 Å². The summed E-state index contributed by atoms with van der Waals surface area (Å²) in [6.07, 6.45) is 6.38. The van der Waals surface area contributed by atoms with Gasteiger partial charge in [0.15, 0.2) is 5.13 Å². The molecule has 1 aromatic carbocycles. The second kappa shape index (κ2) is 8.29. The van der Waals surface area contributed by atoms with Crippen LogP contribution in [0.5, 0.6) is 0 Å². The first kappa shape index (κ1) is 17.0. The van der Waals surface area contributed by atoms with E-state index in [-0.39, 0.29) is 5.91 Å². The van der Waals surface area contributed by atoms with Gasteiger partial charge in [-0.1, -0.05) is 25.5 Å². The van der Waals surface area contributed by atoms with Crippen LogP contribution in [0.25, 0.3) is 11.3 Å². The number of aromatic nitrogens is 1. The molecule has 1 saturated heterocycles. The first-order valence-corrected chi connectivity index (χ1v) is 9.75. The normalized spacial score (nSPS) is 14.6. The summed E-state index contributed by atoms with van der Waals surface area (Å²) in [7, 11) is 0. The number of anilines is 2. The molecule has 0 aliphatic carbocycles. The highest BCUT2D eigenvalue weighted by Gasteiger charge is 2.15. The van der Waals surface area contributed by atoms with Gasteiger partial charge < -0.3 is 10.2 Å². The number of nitrogens with zero attached hydrogens (tertiary/aromatic N) is 2. The maximum Gasteiger partial charge on any atom is 0.224 e. The third-order valence-corrected chi connectivity index (χ3v) is 5.22. The van der Waals surface area contributed by atoms with Crippen molar-refractivity contribution in [3.05, 3.63) is 29.6 Å². The van der Waals surface area contributed by atoms with E-state index < -0.39 is 0 Å². The van der Waals surface area contributed by atoms with Crippen LogP contribution in [0, 0.1) is 0 Å². The van der Waals surface area contributed by atoms with E-state index in [1.807, 2.05) is 18.2 Å². The molecule has 0 saturated carbocycles. The summed E-state index contributed by atoms with van der Waals surface area (Å²) >= 11 is 1.71. The van der Waals surface area contributed by atoms with E-state index >= 15 is 0 Å². The van der Waals surface area contributed by atoms with Gasteiger partial charge in [-0.2, -0.15) is 0 Å². The van der Waals surface area contributed by atoms with Gasteiger partial charge >= 0.3 is 0 Å². The third-order valence-electron chi connectivity index (χ3n) is 4.32. The summed E-state index contributed by atoms with van der Waals surface area (Å²) in [6, 6.07) is 7.98. The number of carbonyl (C=O) groups is 1. The Hall–Kier alpha value is -1.88. The molecule has 0 spiro atoms.